The first-order chi connectivity index (χ1) is 19.4. The molecule has 0 aliphatic rings. The van der Waals surface area contributed by atoms with E-state index in [-0.39, 0.29) is 23.3 Å². The minimum atomic E-state index is -0.470. The number of thiophene rings is 1. The molecular weight excluding hydrogens is 546 g/mol. The van der Waals surface area contributed by atoms with Crippen molar-refractivity contribution in [2.45, 2.75) is 4.90 Å². The second kappa shape index (κ2) is 14.0. The smallest absolute Gasteiger partial charge is 0.272 e. The summed E-state index contributed by atoms with van der Waals surface area (Å²) in [4.78, 5) is 40.2. The van der Waals surface area contributed by atoms with Crippen LogP contribution in [-0.2, 0) is 9.59 Å². The van der Waals surface area contributed by atoms with Gasteiger partial charge in [0, 0.05) is 27.1 Å². The number of carbonyl (C=O) groups excluding carboxylic acids is 3. The SMILES string of the molecule is COc1ccc(OC)c(NC(=O)CSc2cccc(NC(=O)/C(=C/c3cccs3)NC(=O)c3ccccc3)c2)c1. The van der Waals surface area contributed by atoms with Crippen LogP contribution in [0.15, 0.2) is 101 Å². The minimum Gasteiger partial charge on any atom is -0.497 e. The lowest BCUT2D eigenvalue weighted by molar-refractivity contribution is -0.114. The van der Waals surface area contributed by atoms with Crippen LogP contribution in [0.25, 0.3) is 6.08 Å². The van der Waals surface area contributed by atoms with Crippen molar-refractivity contribution in [1.82, 2.24) is 5.32 Å². The molecule has 0 saturated carbocycles. The Hall–Kier alpha value is -4.54. The Labute approximate surface area is 240 Å². The fourth-order valence-corrected chi connectivity index (χ4v) is 4.98. The van der Waals surface area contributed by atoms with Gasteiger partial charge in [0.05, 0.1) is 25.7 Å². The van der Waals surface area contributed by atoms with Crippen LogP contribution in [0.3, 0.4) is 0 Å². The quantitative estimate of drug-likeness (QED) is 0.152. The van der Waals surface area contributed by atoms with Crippen molar-refractivity contribution in [2.24, 2.45) is 0 Å². The molecule has 0 atom stereocenters. The summed E-state index contributed by atoms with van der Waals surface area (Å²) in [6.45, 7) is 0. The van der Waals surface area contributed by atoms with Gasteiger partial charge < -0.3 is 25.4 Å². The molecule has 204 valence electrons. The zero-order valence-corrected chi connectivity index (χ0v) is 23.4. The van der Waals surface area contributed by atoms with Gasteiger partial charge in [-0.15, -0.1) is 23.1 Å². The Morgan fingerprint density at radius 3 is 2.42 bits per heavy atom. The van der Waals surface area contributed by atoms with Gasteiger partial charge in [-0.05, 0) is 60.0 Å². The molecule has 1 aromatic heterocycles. The Morgan fingerprint density at radius 1 is 0.875 bits per heavy atom. The molecule has 10 heteroatoms. The maximum atomic E-state index is 13.2. The Kier molecular flexibility index (Phi) is 9.98. The predicted octanol–water partition coefficient (Wildman–Crippen LogP) is 5.91. The molecule has 0 spiro atoms. The summed E-state index contributed by atoms with van der Waals surface area (Å²) in [6, 6.07) is 24.7. The van der Waals surface area contributed by atoms with E-state index in [2.05, 4.69) is 16.0 Å². The van der Waals surface area contributed by atoms with E-state index in [9.17, 15) is 14.4 Å². The minimum absolute atomic E-state index is 0.112. The molecule has 0 fully saturated rings. The average Bonchev–Trinajstić information content (AvgIpc) is 3.49. The van der Waals surface area contributed by atoms with Gasteiger partial charge in [-0.3, -0.25) is 14.4 Å². The van der Waals surface area contributed by atoms with E-state index in [1.54, 1.807) is 73.8 Å². The summed E-state index contributed by atoms with van der Waals surface area (Å²) >= 11 is 2.77. The first-order valence-electron chi connectivity index (χ1n) is 12.1. The Balaban J connectivity index is 1.41. The maximum absolute atomic E-state index is 13.2. The van der Waals surface area contributed by atoms with Crippen molar-refractivity contribution in [3.8, 4) is 11.5 Å². The first kappa shape index (κ1) is 28.5. The van der Waals surface area contributed by atoms with Crippen LogP contribution in [0.2, 0.25) is 0 Å². The lowest BCUT2D eigenvalue weighted by Crippen LogP contribution is -2.30. The number of ether oxygens (including phenoxy) is 2. The number of amides is 3. The molecule has 0 aliphatic heterocycles. The van der Waals surface area contributed by atoms with Gasteiger partial charge in [0.2, 0.25) is 5.91 Å². The first-order valence-corrected chi connectivity index (χ1v) is 14.0. The average molecular weight is 574 g/mol. The Bertz CT molecular complexity index is 1510. The van der Waals surface area contributed by atoms with Crippen molar-refractivity contribution in [2.75, 3.05) is 30.6 Å². The topological polar surface area (TPSA) is 106 Å². The summed E-state index contributed by atoms with van der Waals surface area (Å²) in [7, 11) is 3.08. The van der Waals surface area contributed by atoms with Crippen LogP contribution in [0.5, 0.6) is 11.5 Å². The number of carbonyl (C=O) groups is 3. The standard InChI is InChI=1S/C30H27N3O5S2/c1-37-22-13-14-27(38-2)25(17-22)32-28(34)19-40-23-11-6-10-21(16-23)31-30(36)26(18-24-12-7-15-39-24)33-29(35)20-8-4-3-5-9-20/h3-18H,19H2,1-2H3,(H,31,36)(H,32,34)(H,33,35)/b26-18-. The van der Waals surface area contributed by atoms with Gasteiger partial charge in [-0.1, -0.05) is 30.3 Å². The maximum Gasteiger partial charge on any atom is 0.272 e. The normalized spacial score (nSPS) is 10.9. The molecule has 40 heavy (non-hydrogen) atoms. The number of methoxy groups -OCH3 is 2. The van der Waals surface area contributed by atoms with Crippen LogP contribution < -0.4 is 25.4 Å². The molecule has 3 N–H and O–H groups in total. The second-order valence-electron chi connectivity index (χ2n) is 8.28. The van der Waals surface area contributed by atoms with Crippen LogP contribution in [0, 0.1) is 0 Å². The third kappa shape index (κ3) is 7.98. The van der Waals surface area contributed by atoms with Gasteiger partial charge in [0.15, 0.2) is 0 Å². The van der Waals surface area contributed by atoms with Gasteiger partial charge in [0.25, 0.3) is 11.8 Å². The van der Waals surface area contributed by atoms with Gasteiger partial charge in [0.1, 0.15) is 17.2 Å². The third-order valence-corrected chi connectivity index (χ3v) is 7.31. The highest BCUT2D eigenvalue weighted by atomic mass is 32.2. The van der Waals surface area contributed by atoms with Gasteiger partial charge in [-0.25, -0.2) is 0 Å². The Morgan fingerprint density at radius 2 is 1.70 bits per heavy atom. The fourth-order valence-electron chi connectivity index (χ4n) is 3.57. The molecule has 3 amide bonds. The molecule has 0 bridgehead atoms. The van der Waals surface area contributed by atoms with Crippen molar-refractivity contribution >= 4 is 58.3 Å². The fraction of sp³-hybridized carbons (Fsp3) is 0.100. The monoisotopic (exact) mass is 573 g/mol. The molecule has 4 rings (SSSR count). The van der Waals surface area contributed by atoms with E-state index in [0.717, 1.165) is 9.77 Å². The van der Waals surface area contributed by atoms with E-state index in [4.69, 9.17) is 9.47 Å². The van der Waals surface area contributed by atoms with Crippen molar-refractivity contribution < 1.29 is 23.9 Å². The van der Waals surface area contributed by atoms with E-state index in [1.807, 2.05) is 29.6 Å². The van der Waals surface area contributed by atoms with Crippen LogP contribution in [0.4, 0.5) is 11.4 Å². The lowest BCUT2D eigenvalue weighted by atomic mass is 10.2. The summed E-state index contributed by atoms with van der Waals surface area (Å²) in [5, 5.41) is 10.3. The molecule has 0 radical (unpaired) electrons. The lowest BCUT2D eigenvalue weighted by Gasteiger charge is -2.13. The third-order valence-electron chi connectivity index (χ3n) is 5.50. The van der Waals surface area contributed by atoms with Crippen LogP contribution >= 0.6 is 23.1 Å². The number of benzene rings is 3. The molecule has 0 aliphatic carbocycles. The highest BCUT2D eigenvalue weighted by Gasteiger charge is 2.16. The van der Waals surface area contributed by atoms with E-state index in [1.165, 1.54) is 30.2 Å². The number of anilines is 2. The van der Waals surface area contributed by atoms with Crippen LogP contribution in [-0.4, -0.2) is 37.7 Å². The summed E-state index contributed by atoms with van der Waals surface area (Å²) in [5.74, 6) is 0.170. The zero-order valence-electron chi connectivity index (χ0n) is 21.8. The number of hydrogen-bond donors (Lipinski definition) is 3. The molecule has 3 aromatic carbocycles. The number of thioether (sulfide) groups is 1. The molecule has 4 aromatic rings. The van der Waals surface area contributed by atoms with Gasteiger partial charge in [-0.2, -0.15) is 0 Å². The van der Waals surface area contributed by atoms with Crippen molar-refractivity contribution in [3.63, 3.8) is 0 Å². The van der Waals surface area contributed by atoms with E-state index >= 15 is 0 Å². The summed E-state index contributed by atoms with van der Waals surface area (Å²) in [6.07, 6.45) is 1.64. The van der Waals surface area contributed by atoms with Gasteiger partial charge >= 0.3 is 0 Å². The molecule has 1 heterocycles. The number of nitrogens with one attached hydrogen (secondary N) is 3. The molecule has 8 nitrogen and oxygen atoms in total. The second-order valence-corrected chi connectivity index (χ2v) is 10.3. The predicted molar refractivity (Wildman–Crippen MR) is 160 cm³/mol. The zero-order chi connectivity index (χ0) is 28.3. The largest absolute Gasteiger partial charge is 0.497 e. The summed E-state index contributed by atoms with van der Waals surface area (Å²) < 4.78 is 10.5. The molecule has 0 unspecified atom stereocenters. The van der Waals surface area contributed by atoms with E-state index in [0.29, 0.717) is 28.4 Å². The van der Waals surface area contributed by atoms with E-state index < -0.39 is 5.91 Å². The molecular formula is C30H27N3O5S2. The summed E-state index contributed by atoms with van der Waals surface area (Å²) in [5.41, 5.74) is 1.59. The van der Waals surface area contributed by atoms with Crippen LogP contribution in [0.1, 0.15) is 15.2 Å². The number of rotatable bonds is 11. The molecule has 0 saturated heterocycles. The highest BCUT2D eigenvalue weighted by molar-refractivity contribution is 8.00. The van der Waals surface area contributed by atoms with Crippen molar-refractivity contribution in [3.05, 3.63) is 106 Å². The number of hydrogen-bond acceptors (Lipinski definition) is 7. The van der Waals surface area contributed by atoms with Crippen molar-refractivity contribution in [1.29, 1.82) is 0 Å². The highest BCUT2D eigenvalue weighted by Crippen LogP contribution is 2.29.